The summed E-state index contributed by atoms with van der Waals surface area (Å²) < 4.78 is 5.36. The number of nitrogens with one attached hydrogen (secondary N) is 1. The first-order valence-corrected chi connectivity index (χ1v) is 16.1. The van der Waals surface area contributed by atoms with Crippen LogP contribution in [0.1, 0.15) is 63.2 Å². The highest BCUT2D eigenvalue weighted by atomic mass is 32.2. The number of anilines is 2. The van der Waals surface area contributed by atoms with Crippen molar-refractivity contribution in [2.75, 3.05) is 23.4 Å². The third-order valence-electron chi connectivity index (χ3n) is 7.02. The van der Waals surface area contributed by atoms with Gasteiger partial charge < -0.3 is 15.8 Å². The molecule has 1 aliphatic rings. The second-order valence-electron chi connectivity index (χ2n) is 9.55. The number of aromatic nitrogens is 1. The highest BCUT2D eigenvalue weighted by Gasteiger charge is 2.31. The van der Waals surface area contributed by atoms with E-state index in [-0.39, 0.29) is 35.9 Å². The highest BCUT2D eigenvalue weighted by Crippen LogP contribution is 2.43. The van der Waals surface area contributed by atoms with Crippen molar-refractivity contribution >= 4 is 57.1 Å². The summed E-state index contributed by atoms with van der Waals surface area (Å²) >= 11 is 4.08. The van der Waals surface area contributed by atoms with Gasteiger partial charge in [-0.05, 0) is 54.7 Å². The number of carbonyl (C=O) groups is 2. The Balaban J connectivity index is 1.32. The van der Waals surface area contributed by atoms with Crippen molar-refractivity contribution in [1.82, 2.24) is 4.98 Å². The van der Waals surface area contributed by atoms with E-state index in [1.165, 1.54) is 40.0 Å². The molecule has 11 heteroatoms. The van der Waals surface area contributed by atoms with Gasteiger partial charge in [0.2, 0.25) is 5.91 Å². The number of amides is 1. The molecule has 3 heterocycles. The number of nitrogens with zero attached hydrogens (tertiary/aromatic N) is 3. The van der Waals surface area contributed by atoms with Crippen molar-refractivity contribution in [2.24, 2.45) is 0 Å². The van der Waals surface area contributed by atoms with E-state index in [0.29, 0.717) is 32.8 Å². The minimum Gasteiger partial charge on any atom is -0.462 e. The lowest BCUT2D eigenvalue weighted by Gasteiger charge is -2.23. The molecule has 1 amide bonds. The summed E-state index contributed by atoms with van der Waals surface area (Å²) in [6.07, 6.45) is 2.57. The van der Waals surface area contributed by atoms with Crippen LogP contribution in [0.2, 0.25) is 0 Å². The van der Waals surface area contributed by atoms with Gasteiger partial charge in [0, 0.05) is 27.5 Å². The van der Waals surface area contributed by atoms with E-state index in [1.54, 1.807) is 6.92 Å². The van der Waals surface area contributed by atoms with Crippen molar-refractivity contribution in [3.8, 4) is 22.6 Å². The van der Waals surface area contributed by atoms with E-state index in [1.807, 2.05) is 35.7 Å². The topological polar surface area (TPSA) is 142 Å². The molecule has 212 valence electrons. The molecule has 42 heavy (non-hydrogen) atoms. The molecule has 8 nitrogen and oxygen atoms in total. The fourth-order valence-corrected chi connectivity index (χ4v) is 8.15. The zero-order chi connectivity index (χ0) is 29.6. The third kappa shape index (κ3) is 6.04. The van der Waals surface area contributed by atoms with Crippen LogP contribution in [0.25, 0.3) is 10.4 Å². The van der Waals surface area contributed by atoms with Gasteiger partial charge in [-0.15, -0.1) is 34.4 Å². The molecule has 0 fully saturated rings. The molecule has 4 aromatic rings. The third-order valence-corrected chi connectivity index (χ3v) is 10.1. The molecule has 0 saturated carbocycles. The second-order valence-corrected chi connectivity index (χ2v) is 12.7. The van der Waals surface area contributed by atoms with Crippen molar-refractivity contribution < 1.29 is 14.3 Å². The Morgan fingerprint density at radius 3 is 2.64 bits per heavy atom. The summed E-state index contributed by atoms with van der Waals surface area (Å²) in [6.45, 7) is 2.01. The fraction of sp³-hybridized carbons (Fsp3) is 0.258. The van der Waals surface area contributed by atoms with Gasteiger partial charge in [-0.1, -0.05) is 36.4 Å². The number of esters is 1. The number of ether oxygens (including phenoxy) is 1. The summed E-state index contributed by atoms with van der Waals surface area (Å²) in [5.41, 5.74) is 9.67. The number of pyridine rings is 1. The molecule has 1 aromatic carbocycles. The normalized spacial score (nSPS) is 13.9. The van der Waals surface area contributed by atoms with E-state index in [4.69, 9.17) is 10.5 Å². The minimum atomic E-state index is -0.421. The molecule has 0 saturated heterocycles. The first kappa shape index (κ1) is 29.3. The molecule has 1 atom stereocenters. The molecular weight excluding hydrogens is 587 g/mol. The number of thiophene rings is 2. The standard InChI is InChI=1S/C31H27N5O3S3/c1-2-39-31(38)27-20-11-10-19(18-7-4-3-5-8-18)15-24(20)42-30(27)35-25(37)12-14-41-29-22(17-33)26(23-9-6-13-40-23)21(16-32)28(34)36-29/h3-9,13,19H,2,10-12,14-15H2,1H3,(H2,34,36)(H,35,37). The summed E-state index contributed by atoms with van der Waals surface area (Å²) in [6, 6.07) is 18.3. The maximum Gasteiger partial charge on any atom is 0.341 e. The first-order valence-electron chi connectivity index (χ1n) is 13.4. The Kier molecular flexibility index (Phi) is 9.23. The minimum absolute atomic E-state index is 0.0453. The molecule has 0 radical (unpaired) electrons. The number of nitriles is 2. The Morgan fingerprint density at radius 2 is 1.95 bits per heavy atom. The van der Waals surface area contributed by atoms with Crippen LogP contribution in [-0.4, -0.2) is 29.2 Å². The summed E-state index contributed by atoms with van der Waals surface area (Å²) in [7, 11) is 0. The SMILES string of the molecule is CCOC(=O)c1c(NC(=O)CCSc2nc(N)c(C#N)c(-c3cccs3)c2C#N)sc2c1CCC(c1ccccc1)C2. The monoisotopic (exact) mass is 613 g/mol. The summed E-state index contributed by atoms with van der Waals surface area (Å²) in [4.78, 5) is 32.2. The van der Waals surface area contributed by atoms with Gasteiger partial charge in [-0.2, -0.15) is 10.5 Å². The van der Waals surface area contributed by atoms with E-state index >= 15 is 0 Å². The molecule has 1 unspecified atom stereocenters. The molecule has 5 rings (SSSR count). The van der Waals surface area contributed by atoms with Gasteiger partial charge >= 0.3 is 5.97 Å². The van der Waals surface area contributed by atoms with Crippen LogP contribution in [0.4, 0.5) is 10.8 Å². The van der Waals surface area contributed by atoms with E-state index in [9.17, 15) is 20.1 Å². The molecule has 1 aliphatic carbocycles. The van der Waals surface area contributed by atoms with E-state index < -0.39 is 5.97 Å². The van der Waals surface area contributed by atoms with Gasteiger partial charge in [-0.25, -0.2) is 9.78 Å². The van der Waals surface area contributed by atoms with Crippen LogP contribution < -0.4 is 11.1 Å². The number of hydrogen-bond donors (Lipinski definition) is 2. The zero-order valence-electron chi connectivity index (χ0n) is 22.8. The highest BCUT2D eigenvalue weighted by molar-refractivity contribution is 7.99. The number of nitrogens with two attached hydrogens (primary N) is 1. The number of carbonyl (C=O) groups excluding carboxylic acids is 2. The van der Waals surface area contributed by atoms with Crippen molar-refractivity contribution in [3.63, 3.8) is 0 Å². The number of rotatable bonds is 9. The van der Waals surface area contributed by atoms with Crippen LogP contribution in [0.3, 0.4) is 0 Å². The Bertz CT molecular complexity index is 1700. The molecule has 0 spiro atoms. The van der Waals surface area contributed by atoms with Gasteiger partial charge in [0.1, 0.15) is 33.5 Å². The van der Waals surface area contributed by atoms with Gasteiger partial charge in [0.25, 0.3) is 0 Å². The maximum atomic E-state index is 13.1. The predicted molar refractivity (Wildman–Crippen MR) is 167 cm³/mol. The van der Waals surface area contributed by atoms with Crippen molar-refractivity contribution in [2.45, 2.75) is 43.6 Å². The number of hydrogen-bond acceptors (Lipinski definition) is 10. The molecule has 3 N–H and O–H groups in total. The van der Waals surface area contributed by atoms with Gasteiger partial charge in [0.15, 0.2) is 0 Å². The second kappa shape index (κ2) is 13.2. The smallest absolute Gasteiger partial charge is 0.341 e. The summed E-state index contributed by atoms with van der Waals surface area (Å²) in [5, 5.41) is 25.3. The van der Waals surface area contributed by atoms with E-state index in [0.717, 1.165) is 34.6 Å². The van der Waals surface area contributed by atoms with Crippen LogP contribution in [-0.2, 0) is 22.4 Å². The lowest BCUT2D eigenvalue weighted by molar-refractivity contribution is -0.115. The largest absolute Gasteiger partial charge is 0.462 e. The average molecular weight is 614 g/mol. The van der Waals surface area contributed by atoms with Crippen molar-refractivity contribution in [3.05, 3.63) is 80.5 Å². The van der Waals surface area contributed by atoms with Crippen LogP contribution in [0.15, 0.2) is 52.9 Å². The van der Waals surface area contributed by atoms with Crippen molar-refractivity contribution in [1.29, 1.82) is 10.5 Å². The Labute approximate surface area is 256 Å². The molecule has 0 bridgehead atoms. The van der Waals surface area contributed by atoms with Crippen LogP contribution in [0.5, 0.6) is 0 Å². The average Bonchev–Trinajstić information content (AvgIpc) is 3.65. The Morgan fingerprint density at radius 1 is 1.17 bits per heavy atom. The molecule has 0 aliphatic heterocycles. The van der Waals surface area contributed by atoms with Gasteiger partial charge in [-0.3, -0.25) is 4.79 Å². The number of thioether (sulfide) groups is 1. The zero-order valence-corrected chi connectivity index (χ0v) is 25.3. The van der Waals surface area contributed by atoms with Crippen LogP contribution in [0, 0.1) is 22.7 Å². The molecular formula is C31H27N5O3S3. The number of nitrogen functional groups attached to an aromatic ring is 1. The number of benzene rings is 1. The lowest BCUT2D eigenvalue weighted by Crippen LogP contribution is -2.17. The fourth-order valence-electron chi connectivity index (χ4n) is 5.10. The van der Waals surface area contributed by atoms with E-state index in [2.05, 4.69) is 34.6 Å². The summed E-state index contributed by atoms with van der Waals surface area (Å²) in [5.74, 6) is 0.0373. The predicted octanol–water partition coefficient (Wildman–Crippen LogP) is 6.77. The lowest BCUT2D eigenvalue weighted by atomic mass is 9.83. The Hall–Kier alpha value is -4.16. The van der Waals surface area contributed by atoms with Gasteiger partial charge in [0.05, 0.1) is 17.7 Å². The molecule has 3 aromatic heterocycles. The quantitative estimate of drug-likeness (QED) is 0.156. The first-order chi connectivity index (χ1) is 20.4. The maximum absolute atomic E-state index is 13.1. The van der Waals surface area contributed by atoms with Crippen LogP contribution >= 0.6 is 34.4 Å². The number of fused-ring (bicyclic) bond motifs is 1.